The van der Waals surface area contributed by atoms with E-state index < -0.39 is 6.10 Å². The third-order valence-corrected chi connectivity index (χ3v) is 3.44. The minimum atomic E-state index is -0.419. The van der Waals surface area contributed by atoms with Gasteiger partial charge in [0.05, 0.1) is 24.9 Å². The number of nitrogens with zero attached hydrogens (tertiary/aromatic N) is 2. The van der Waals surface area contributed by atoms with Gasteiger partial charge in [-0.2, -0.15) is 5.10 Å². The van der Waals surface area contributed by atoms with Crippen LogP contribution in [-0.2, 0) is 0 Å². The summed E-state index contributed by atoms with van der Waals surface area (Å²) in [5.41, 5.74) is 0.305. The fourth-order valence-corrected chi connectivity index (χ4v) is 2.50. The molecule has 1 saturated heterocycles. The van der Waals surface area contributed by atoms with Crippen LogP contribution in [0.15, 0.2) is 29.1 Å². The number of nitrogens with one attached hydrogen (secondary N) is 2. The maximum Gasteiger partial charge on any atom is 0.348 e. The molecule has 1 fully saturated rings. The first kappa shape index (κ1) is 12.9. The molecule has 1 aromatic heterocycles. The van der Waals surface area contributed by atoms with Gasteiger partial charge in [0, 0.05) is 6.54 Å². The number of β-amino-alcohol motifs (C(OH)–C–C–N with tert-alkyl or cyclic N) is 1. The monoisotopic (exact) mass is 276 g/mol. The molecule has 0 saturated carbocycles. The van der Waals surface area contributed by atoms with Crippen LogP contribution in [0.25, 0.3) is 5.69 Å². The molecule has 0 aliphatic carbocycles. The summed E-state index contributed by atoms with van der Waals surface area (Å²) in [6.45, 7) is 0.498. The fraction of sp³-hybridized carbons (Fsp3) is 0.385. The van der Waals surface area contributed by atoms with Crippen LogP contribution >= 0.6 is 0 Å². The third kappa shape index (κ3) is 2.10. The lowest BCUT2D eigenvalue weighted by Crippen LogP contribution is -2.23. The second kappa shape index (κ2) is 5.10. The molecule has 1 aliphatic heterocycles. The van der Waals surface area contributed by atoms with Gasteiger partial charge in [0.25, 0.3) is 0 Å². The van der Waals surface area contributed by atoms with E-state index >= 15 is 0 Å². The minimum Gasteiger partial charge on any atom is -0.495 e. The van der Waals surface area contributed by atoms with Crippen LogP contribution in [0.4, 0.5) is 0 Å². The van der Waals surface area contributed by atoms with E-state index in [1.807, 2.05) is 12.1 Å². The molecule has 0 radical (unpaired) electrons. The Kier molecular flexibility index (Phi) is 3.29. The van der Waals surface area contributed by atoms with Gasteiger partial charge in [0.15, 0.2) is 5.82 Å². The summed E-state index contributed by atoms with van der Waals surface area (Å²) in [7, 11) is 1.56. The quantitative estimate of drug-likeness (QED) is 0.732. The van der Waals surface area contributed by atoms with Gasteiger partial charge in [-0.05, 0) is 18.6 Å². The molecule has 3 N–H and O–H groups in total. The average Bonchev–Trinajstić information content (AvgIpc) is 3.04. The summed E-state index contributed by atoms with van der Waals surface area (Å²) in [6, 6.07) is 7.09. The van der Waals surface area contributed by atoms with Crippen molar-refractivity contribution in [2.75, 3.05) is 13.7 Å². The van der Waals surface area contributed by atoms with E-state index in [-0.39, 0.29) is 11.7 Å². The zero-order valence-electron chi connectivity index (χ0n) is 11.0. The number of ether oxygens (including phenoxy) is 1. The number of hydrogen-bond donors (Lipinski definition) is 3. The Morgan fingerprint density at radius 2 is 2.25 bits per heavy atom. The van der Waals surface area contributed by atoms with Crippen molar-refractivity contribution in [3.05, 3.63) is 40.6 Å². The van der Waals surface area contributed by atoms with Crippen LogP contribution in [0.1, 0.15) is 18.3 Å². The maximum atomic E-state index is 12.0. The Bertz CT molecular complexity index is 664. The molecule has 0 spiro atoms. The third-order valence-electron chi connectivity index (χ3n) is 3.44. The molecule has 0 unspecified atom stereocenters. The summed E-state index contributed by atoms with van der Waals surface area (Å²) < 4.78 is 6.77. The van der Waals surface area contributed by atoms with Gasteiger partial charge in [0.1, 0.15) is 5.75 Å². The number of aliphatic hydroxyl groups is 1. The van der Waals surface area contributed by atoms with Crippen molar-refractivity contribution in [2.45, 2.75) is 18.6 Å². The van der Waals surface area contributed by atoms with Crippen molar-refractivity contribution in [1.82, 2.24) is 20.1 Å². The van der Waals surface area contributed by atoms with Gasteiger partial charge < -0.3 is 15.2 Å². The molecule has 0 amide bonds. The number of benzene rings is 1. The Hall–Kier alpha value is -2.12. The van der Waals surface area contributed by atoms with Gasteiger partial charge in [-0.3, -0.25) is 0 Å². The van der Waals surface area contributed by atoms with E-state index in [0.29, 0.717) is 30.2 Å². The number of aromatic nitrogens is 3. The van der Waals surface area contributed by atoms with Gasteiger partial charge in [0.2, 0.25) is 0 Å². The fourth-order valence-electron chi connectivity index (χ4n) is 2.50. The molecular formula is C13H16N4O3. The number of rotatable bonds is 3. The van der Waals surface area contributed by atoms with Crippen molar-refractivity contribution >= 4 is 0 Å². The molecule has 2 heterocycles. The van der Waals surface area contributed by atoms with Crippen molar-refractivity contribution < 1.29 is 9.84 Å². The highest BCUT2D eigenvalue weighted by Crippen LogP contribution is 2.26. The molecule has 1 aromatic carbocycles. The first-order chi connectivity index (χ1) is 9.70. The SMILES string of the molecule is COc1ccccc1-n1c([C@@H]2C[C@@H](O)CN2)n[nH]c1=O. The molecule has 3 rings (SSSR count). The Morgan fingerprint density at radius 1 is 1.45 bits per heavy atom. The number of hydrogen-bond acceptors (Lipinski definition) is 5. The normalized spacial score (nSPS) is 22.1. The summed E-state index contributed by atoms with van der Waals surface area (Å²) in [5, 5.41) is 19.3. The molecular weight excluding hydrogens is 260 g/mol. The molecule has 0 bridgehead atoms. The predicted octanol–water partition coefficient (Wildman–Crippen LogP) is -0.0355. The summed E-state index contributed by atoms with van der Waals surface area (Å²) >= 11 is 0. The summed E-state index contributed by atoms with van der Waals surface area (Å²) in [4.78, 5) is 12.0. The van der Waals surface area contributed by atoms with Gasteiger partial charge in [-0.1, -0.05) is 12.1 Å². The standard InChI is InChI=1S/C13H16N4O3/c1-20-11-5-3-2-4-10(11)17-12(15-16-13(17)19)9-6-8(18)7-14-9/h2-5,8-9,14,18H,6-7H2,1H3,(H,16,19)/t8-,9+/m1/s1. The van der Waals surface area contributed by atoms with Crippen LogP contribution in [0.3, 0.4) is 0 Å². The number of H-pyrrole nitrogens is 1. The van der Waals surface area contributed by atoms with Crippen molar-refractivity contribution in [2.24, 2.45) is 0 Å². The van der Waals surface area contributed by atoms with E-state index in [1.165, 1.54) is 4.57 Å². The Balaban J connectivity index is 2.10. The zero-order valence-corrected chi connectivity index (χ0v) is 11.0. The minimum absolute atomic E-state index is 0.158. The lowest BCUT2D eigenvalue weighted by Gasteiger charge is -2.13. The number of methoxy groups -OCH3 is 1. The molecule has 2 aromatic rings. The summed E-state index contributed by atoms with van der Waals surface area (Å²) in [5.74, 6) is 1.15. The highest BCUT2D eigenvalue weighted by atomic mass is 16.5. The Morgan fingerprint density at radius 3 is 2.95 bits per heavy atom. The summed E-state index contributed by atoms with van der Waals surface area (Å²) in [6.07, 6.45) is 0.109. The molecule has 7 heteroatoms. The molecule has 7 nitrogen and oxygen atoms in total. The van der Waals surface area contributed by atoms with E-state index in [1.54, 1.807) is 19.2 Å². The van der Waals surface area contributed by atoms with Crippen LogP contribution in [0, 0.1) is 0 Å². The van der Waals surface area contributed by atoms with E-state index in [4.69, 9.17) is 4.74 Å². The van der Waals surface area contributed by atoms with Crippen LogP contribution in [0.5, 0.6) is 5.75 Å². The second-order valence-corrected chi connectivity index (χ2v) is 4.74. The van der Waals surface area contributed by atoms with E-state index in [0.717, 1.165) is 0 Å². The molecule has 2 atom stereocenters. The predicted molar refractivity (Wildman–Crippen MR) is 72.1 cm³/mol. The lowest BCUT2D eigenvalue weighted by molar-refractivity contribution is 0.193. The van der Waals surface area contributed by atoms with Crippen LogP contribution in [0.2, 0.25) is 0 Å². The number of aliphatic hydroxyl groups excluding tert-OH is 1. The van der Waals surface area contributed by atoms with E-state index in [2.05, 4.69) is 15.5 Å². The highest BCUT2D eigenvalue weighted by Gasteiger charge is 2.29. The molecule has 106 valence electrons. The number of aromatic amines is 1. The first-order valence-corrected chi connectivity index (χ1v) is 6.43. The lowest BCUT2D eigenvalue weighted by atomic mass is 10.2. The van der Waals surface area contributed by atoms with Gasteiger partial charge in [-0.25, -0.2) is 14.5 Å². The topological polar surface area (TPSA) is 92.2 Å². The highest BCUT2D eigenvalue weighted by molar-refractivity contribution is 5.47. The smallest absolute Gasteiger partial charge is 0.348 e. The molecule has 1 aliphatic rings. The van der Waals surface area contributed by atoms with Crippen molar-refractivity contribution in [1.29, 1.82) is 0 Å². The van der Waals surface area contributed by atoms with Crippen molar-refractivity contribution in [3.63, 3.8) is 0 Å². The van der Waals surface area contributed by atoms with Crippen LogP contribution < -0.4 is 15.7 Å². The largest absolute Gasteiger partial charge is 0.495 e. The second-order valence-electron chi connectivity index (χ2n) is 4.74. The molecule has 20 heavy (non-hydrogen) atoms. The first-order valence-electron chi connectivity index (χ1n) is 6.43. The maximum absolute atomic E-state index is 12.0. The van der Waals surface area contributed by atoms with Crippen molar-refractivity contribution in [3.8, 4) is 11.4 Å². The van der Waals surface area contributed by atoms with Gasteiger partial charge in [-0.15, -0.1) is 0 Å². The van der Waals surface area contributed by atoms with Crippen LogP contribution in [-0.4, -0.2) is 39.6 Å². The zero-order chi connectivity index (χ0) is 14.1. The number of para-hydroxylation sites is 2. The average molecular weight is 276 g/mol. The Labute approximate surface area is 115 Å². The van der Waals surface area contributed by atoms with E-state index in [9.17, 15) is 9.90 Å². The van der Waals surface area contributed by atoms with Gasteiger partial charge >= 0.3 is 5.69 Å².